The third kappa shape index (κ3) is 7.46. The lowest BCUT2D eigenvalue weighted by Gasteiger charge is -2.63. The number of aromatic nitrogens is 2. The second kappa shape index (κ2) is 15.6. The Labute approximate surface area is 349 Å². The van der Waals surface area contributed by atoms with Gasteiger partial charge in [-0.25, -0.2) is 9.97 Å². The molecule has 4 aliphatic heterocycles. The number of rotatable bonds is 11. The topological polar surface area (TPSA) is 187 Å². The maximum absolute atomic E-state index is 13.4. The highest BCUT2D eigenvalue weighted by Crippen LogP contribution is 2.55. The van der Waals surface area contributed by atoms with Crippen LogP contribution >= 0.6 is 0 Å². The number of benzene rings is 2. The van der Waals surface area contributed by atoms with Gasteiger partial charge in [0.15, 0.2) is 0 Å². The summed E-state index contributed by atoms with van der Waals surface area (Å²) in [6.45, 7) is 16.7. The number of hydrogen-bond acceptors (Lipinski definition) is 12. The van der Waals surface area contributed by atoms with Gasteiger partial charge in [0.1, 0.15) is 29.7 Å². The van der Waals surface area contributed by atoms with E-state index in [9.17, 15) is 29.2 Å². The number of nitrogens with zero attached hydrogens (tertiary/aromatic N) is 6. The quantitative estimate of drug-likeness (QED) is 0.261. The molecule has 1 saturated carbocycles. The molecule has 0 radical (unpaired) electrons. The number of likely N-dealkylation sites (tertiary alicyclic amines) is 1. The molecule has 314 valence electrons. The van der Waals surface area contributed by atoms with E-state index in [1.807, 2.05) is 26.0 Å². The number of hydrogen-bond donors (Lipinski definition) is 2. The molecule has 0 spiro atoms. The number of carbonyl (C=O) groups excluding carboxylic acids is 5. The standard InChI is InChI=1S/C45H52N8O7/c1-25-17-31(18-26(2)34(25)20-46)60-42-44(3,4)41(45(42,5)6)50-37(55)28-21-47-43(48-22-28)52-23-27(24-52)11-14-51-15-12-29(13-16-51)59-30-7-8-32-33(19-30)40(58)53(39(32)57)35-9-10-36(54)49-38(35)56/h7-8,17-19,21-22,27,29,35,41-42H,9-16,23-24H2,1-6H3,(H,50,55)(H,49,54,56). The van der Waals surface area contributed by atoms with E-state index in [1.54, 1.807) is 30.6 Å². The highest BCUT2D eigenvalue weighted by molar-refractivity contribution is 6.23. The van der Waals surface area contributed by atoms with Gasteiger partial charge in [-0.2, -0.15) is 5.26 Å². The van der Waals surface area contributed by atoms with Crippen LogP contribution in [-0.2, 0) is 9.59 Å². The predicted octanol–water partition coefficient (Wildman–Crippen LogP) is 4.35. The monoisotopic (exact) mass is 816 g/mol. The van der Waals surface area contributed by atoms with Crippen molar-refractivity contribution in [1.29, 1.82) is 5.26 Å². The van der Waals surface area contributed by atoms with Gasteiger partial charge in [-0.3, -0.25) is 34.2 Å². The Kier molecular flexibility index (Phi) is 10.6. The molecule has 5 amide bonds. The van der Waals surface area contributed by atoms with E-state index >= 15 is 0 Å². The van der Waals surface area contributed by atoms with Crippen molar-refractivity contribution < 1.29 is 33.4 Å². The first kappa shape index (κ1) is 40.9. The zero-order valence-corrected chi connectivity index (χ0v) is 35.0. The summed E-state index contributed by atoms with van der Waals surface area (Å²) >= 11 is 0. The first-order valence-corrected chi connectivity index (χ1v) is 20.9. The van der Waals surface area contributed by atoms with Crippen LogP contribution in [0.1, 0.15) is 108 Å². The first-order chi connectivity index (χ1) is 28.5. The van der Waals surface area contributed by atoms with Crippen molar-refractivity contribution in [1.82, 2.24) is 30.4 Å². The van der Waals surface area contributed by atoms with Gasteiger partial charge in [0.25, 0.3) is 17.7 Å². The Balaban J connectivity index is 0.758. The third-order valence-electron chi connectivity index (χ3n) is 13.2. The highest BCUT2D eigenvalue weighted by atomic mass is 16.5. The van der Waals surface area contributed by atoms with E-state index < -0.39 is 29.7 Å². The number of amides is 5. The van der Waals surface area contributed by atoms with Crippen LogP contribution in [0.3, 0.4) is 0 Å². The lowest BCUT2D eigenvalue weighted by atomic mass is 9.49. The van der Waals surface area contributed by atoms with Crippen LogP contribution in [0.4, 0.5) is 5.95 Å². The van der Waals surface area contributed by atoms with Gasteiger partial charge in [0.2, 0.25) is 17.8 Å². The summed E-state index contributed by atoms with van der Waals surface area (Å²) in [6, 6.07) is 9.79. The summed E-state index contributed by atoms with van der Waals surface area (Å²) in [5.41, 5.74) is 2.58. The van der Waals surface area contributed by atoms with Crippen LogP contribution in [0.15, 0.2) is 42.7 Å². The number of nitrogens with one attached hydrogen (secondary N) is 2. The van der Waals surface area contributed by atoms with Crippen LogP contribution < -0.4 is 25.0 Å². The molecular formula is C45H52N8O7. The normalized spacial score (nSPS) is 23.9. The smallest absolute Gasteiger partial charge is 0.262 e. The largest absolute Gasteiger partial charge is 0.490 e. The number of aryl methyl sites for hydroxylation is 2. The number of piperidine rings is 2. The van der Waals surface area contributed by atoms with Gasteiger partial charge in [0, 0.05) is 61.9 Å². The predicted molar refractivity (Wildman–Crippen MR) is 219 cm³/mol. The van der Waals surface area contributed by atoms with Crippen LogP contribution in [0.5, 0.6) is 11.5 Å². The highest BCUT2D eigenvalue weighted by Gasteiger charge is 2.64. The minimum Gasteiger partial charge on any atom is -0.490 e. The van der Waals surface area contributed by atoms with Gasteiger partial charge in [0.05, 0.1) is 28.3 Å². The molecule has 15 heteroatoms. The molecule has 1 aliphatic carbocycles. The Morgan fingerprint density at radius 3 is 2.18 bits per heavy atom. The zero-order valence-electron chi connectivity index (χ0n) is 35.0. The van der Waals surface area contributed by atoms with E-state index in [4.69, 9.17) is 9.47 Å². The molecule has 15 nitrogen and oxygen atoms in total. The summed E-state index contributed by atoms with van der Waals surface area (Å²) < 4.78 is 12.8. The summed E-state index contributed by atoms with van der Waals surface area (Å²) in [6.07, 6.45) is 5.92. The van der Waals surface area contributed by atoms with E-state index in [2.05, 4.69) is 64.2 Å². The van der Waals surface area contributed by atoms with Gasteiger partial charge in [-0.1, -0.05) is 27.7 Å². The molecule has 3 aromatic rings. The first-order valence-electron chi connectivity index (χ1n) is 20.9. The number of carbonyl (C=O) groups is 5. The molecule has 8 rings (SSSR count). The second-order valence-electron chi connectivity index (χ2n) is 18.2. The molecule has 3 saturated heterocycles. The average Bonchev–Trinajstić information content (AvgIpc) is 3.43. The van der Waals surface area contributed by atoms with Crippen molar-refractivity contribution in [2.75, 3.05) is 37.6 Å². The summed E-state index contributed by atoms with van der Waals surface area (Å²) in [7, 11) is 0. The molecule has 5 aliphatic rings. The number of ether oxygens (including phenoxy) is 2. The van der Waals surface area contributed by atoms with Crippen molar-refractivity contribution in [3.63, 3.8) is 0 Å². The fraction of sp³-hybridized carbons (Fsp3) is 0.511. The molecule has 0 bridgehead atoms. The Hall–Kier alpha value is -5.88. The number of imide groups is 2. The molecule has 1 atom stereocenters. The van der Waals surface area contributed by atoms with Crippen LogP contribution in [0.2, 0.25) is 0 Å². The molecular weight excluding hydrogens is 765 g/mol. The zero-order chi connectivity index (χ0) is 42.7. The second-order valence-corrected chi connectivity index (χ2v) is 18.2. The fourth-order valence-corrected chi connectivity index (χ4v) is 10.2. The molecule has 5 heterocycles. The maximum Gasteiger partial charge on any atom is 0.262 e. The summed E-state index contributed by atoms with van der Waals surface area (Å²) in [5.74, 6) is 0.0442. The van der Waals surface area contributed by atoms with E-state index in [0.717, 1.165) is 73.8 Å². The fourth-order valence-electron chi connectivity index (χ4n) is 10.2. The molecule has 2 aromatic carbocycles. The van der Waals surface area contributed by atoms with E-state index in [-0.39, 0.29) is 59.0 Å². The van der Waals surface area contributed by atoms with E-state index in [0.29, 0.717) is 28.7 Å². The number of anilines is 1. The molecule has 4 fully saturated rings. The van der Waals surface area contributed by atoms with Crippen molar-refractivity contribution in [2.45, 2.75) is 97.9 Å². The van der Waals surface area contributed by atoms with Crippen molar-refractivity contribution in [2.24, 2.45) is 16.7 Å². The SMILES string of the molecule is Cc1cc(OC2C(C)(C)C(NC(=O)c3cnc(N4CC(CCN5CCC(Oc6ccc7c(c6)C(=O)N(C6CCC(=O)NC6=O)C7=O)CC5)C4)nc3)C2(C)C)cc(C)c1C#N. The molecule has 2 N–H and O–H groups in total. The third-order valence-corrected chi connectivity index (χ3v) is 13.2. The molecule has 1 unspecified atom stereocenters. The van der Waals surface area contributed by atoms with Crippen LogP contribution in [0, 0.1) is 41.9 Å². The van der Waals surface area contributed by atoms with Gasteiger partial charge in [-0.05, 0) is 93.5 Å². The minimum absolute atomic E-state index is 0.0226. The van der Waals surface area contributed by atoms with Crippen molar-refractivity contribution >= 4 is 35.5 Å². The van der Waals surface area contributed by atoms with Gasteiger partial charge in [-0.15, -0.1) is 0 Å². The van der Waals surface area contributed by atoms with Gasteiger partial charge < -0.3 is 24.6 Å². The molecule has 1 aromatic heterocycles. The van der Waals surface area contributed by atoms with E-state index in [1.165, 1.54) is 0 Å². The Bertz CT molecular complexity index is 2250. The Morgan fingerprint density at radius 2 is 1.55 bits per heavy atom. The van der Waals surface area contributed by atoms with Crippen LogP contribution in [-0.4, -0.2) is 106 Å². The van der Waals surface area contributed by atoms with Gasteiger partial charge >= 0.3 is 0 Å². The average molecular weight is 817 g/mol. The lowest BCUT2D eigenvalue weighted by molar-refractivity contribution is -0.164. The number of fused-ring (bicyclic) bond motifs is 1. The summed E-state index contributed by atoms with van der Waals surface area (Å²) in [4.78, 5) is 78.3. The molecule has 60 heavy (non-hydrogen) atoms. The summed E-state index contributed by atoms with van der Waals surface area (Å²) in [5, 5.41) is 14.9. The Morgan fingerprint density at radius 1 is 0.900 bits per heavy atom. The van der Waals surface area contributed by atoms with Crippen molar-refractivity contribution in [3.8, 4) is 17.6 Å². The minimum atomic E-state index is -1.00. The number of nitriles is 1. The maximum atomic E-state index is 13.4. The van der Waals surface area contributed by atoms with Crippen LogP contribution in [0.25, 0.3) is 0 Å². The lowest BCUT2D eigenvalue weighted by Crippen LogP contribution is -2.74. The van der Waals surface area contributed by atoms with Crippen molar-refractivity contribution in [3.05, 3.63) is 76.1 Å².